The third-order valence-corrected chi connectivity index (χ3v) is 4.97. The lowest BCUT2D eigenvalue weighted by molar-refractivity contribution is -0.116. The minimum absolute atomic E-state index is 0.0482. The second-order valence-electron chi connectivity index (χ2n) is 5.19. The van der Waals surface area contributed by atoms with Gasteiger partial charge in [0.25, 0.3) is 0 Å². The van der Waals surface area contributed by atoms with Crippen LogP contribution in [0.25, 0.3) is 0 Å². The molecule has 2 aliphatic heterocycles. The quantitative estimate of drug-likeness (QED) is 0.793. The highest BCUT2D eigenvalue weighted by atomic mass is 35.5. The van der Waals surface area contributed by atoms with Gasteiger partial charge in [0.05, 0.1) is 17.1 Å². The zero-order valence-corrected chi connectivity index (χ0v) is 12.9. The van der Waals surface area contributed by atoms with Gasteiger partial charge in [-0.15, -0.1) is 0 Å². The van der Waals surface area contributed by atoms with Crippen LogP contribution in [-0.2, 0) is 16.0 Å². The molecule has 7 heteroatoms. The van der Waals surface area contributed by atoms with E-state index in [4.69, 9.17) is 11.6 Å². The minimum Gasteiger partial charge on any atom is -0.325 e. The lowest BCUT2D eigenvalue weighted by Gasteiger charge is -2.22. The van der Waals surface area contributed by atoms with Crippen molar-refractivity contribution in [1.29, 1.82) is 0 Å². The van der Waals surface area contributed by atoms with Gasteiger partial charge in [-0.2, -0.15) is 11.8 Å². The molecular formula is C14H16ClN3O2S. The lowest BCUT2D eigenvalue weighted by Crippen LogP contribution is -2.39. The second-order valence-corrected chi connectivity index (χ2v) is 6.75. The number of hydrogen-bond acceptors (Lipinski definition) is 4. The predicted octanol–water partition coefficient (Wildman–Crippen LogP) is 1.87. The molecule has 3 rings (SSSR count). The fraction of sp³-hybridized carbons (Fsp3) is 0.429. The van der Waals surface area contributed by atoms with Crippen LogP contribution in [0.1, 0.15) is 12.0 Å². The molecule has 0 aromatic heterocycles. The highest BCUT2D eigenvalue weighted by Crippen LogP contribution is 2.32. The molecule has 1 atom stereocenters. The van der Waals surface area contributed by atoms with Crippen LogP contribution in [0.2, 0.25) is 5.02 Å². The summed E-state index contributed by atoms with van der Waals surface area (Å²) in [6, 6.07) is 3.67. The predicted molar refractivity (Wildman–Crippen MR) is 86.1 cm³/mol. The van der Waals surface area contributed by atoms with E-state index in [1.54, 1.807) is 12.1 Å². The van der Waals surface area contributed by atoms with Crippen molar-refractivity contribution in [2.45, 2.75) is 18.9 Å². The molecule has 1 saturated heterocycles. The van der Waals surface area contributed by atoms with Crippen LogP contribution in [0.15, 0.2) is 12.1 Å². The number of carbonyl (C=O) groups is 2. The van der Waals surface area contributed by atoms with Crippen molar-refractivity contribution in [2.24, 2.45) is 0 Å². The molecule has 0 bridgehead atoms. The molecule has 0 spiro atoms. The smallest absolute Gasteiger partial charge is 0.228 e. The monoisotopic (exact) mass is 325 g/mol. The van der Waals surface area contributed by atoms with E-state index in [1.807, 2.05) is 11.8 Å². The molecule has 0 radical (unpaired) electrons. The third-order valence-electron chi connectivity index (χ3n) is 3.52. The number of benzene rings is 1. The van der Waals surface area contributed by atoms with Gasteiger partial charge in [-0.1, -0.05) is 11.6 Å². The Morgan fingerprint density at radius 2 is 2.33 bits per heavy atom. The maximum atomic E-state index is 12.1. The number of thioether (sulfide) groups is 1. The van der Waals surface area contributed by atoms with Crippen molar-refractivity contribution in [2.75, 3.05) is 28.7 Å². The number of rotatable bonds is 3. The minimum atomic E-state index is -0.0610. The zero-order chi connectivity index (χ0) is 14.8. The molecular weight excluding hydrogens is 310 g/mol. The van der Waals surface area contributed by atoms with E-state index in [-0.39, 0.29) is 17.9 Å². The average Bonchev–Trinajstić information content (AvgIpc) is 2.79. The number of hydrogen-bond donors (Lipinski definition) is 3. The maximum absolute atomic E-state index is 12.1. The summed E-state index contributed by atoms with van der Waals surface area (Å²) in [6.45, 7) is 0.940. The SMILES string of the molecule is O=C(CC1CSCCN1)Nc1cc2c(cc1Cl)NC(=O)C2. The first-order chi connectivity index (χ1) is 10.1. The highest BCUT2D eigenvalue weighted by Gasteiger charge is 2.21. The fourth-order valence-electron chi connectivity index (χ4n) is 2.52. The molecule has 2 aliphatic rings. The van der Waals surface area contributed by atoms with E-state index in [1.165, 1.54) is 0 Å². The zero-order valence-electron chi connectivity index (χ0n) is 11.4. The number of carbonyl (C=O) groups excluding carboxylic acids is 2. The van der Waals surface area contributed by atoms with Crippen LogP contribution in [0.4, 0.5) is 11.4 Å². The Hall–Kier alpha value is -1.24. The molecule has 2 heterocycles. The van der Waals surface area contributed by atoms with Crippen LogP contribution < -0.4 is 16.0 Å². The molecule has 1 fully saturated rings. The first kappa shape index (κ1) is 14.7. The molecule has 5 nitrogen and oxygen atoms in total. The first-order valence-electron chi connectivity index (χ1n) is 6.85. The Morgan fingerprint density at radius 1 is 1.48 bits per heavy atom. The second kappa shape index (κ2) is 6.25. The van der Waals surface area contributed by atoms with Gasteiger partial charge in [0.1, 0.15) is 0 Å². The Morgan fingerprint density at radius 3 is 3.10 bits per heavy atom. The van der Waals surface area contributed by atoms with E-state index in [9.17, 15) is 9.59 Å². The van der Waals surface area contributed by atoms with Gasteiger partial charge in [-0.25, -0.2) is 0 Å². The Labute approximate surface area is 132 Å². The van der Waals surface area contributed by atoms with Crippen molar-refractivity contribution in [3.8, 4) is 0 Å². The summed E-state index contributed by atoms with van der Waals surface area (Å²) in [5.41, 5.74) is 2.17. The van der Waals surface area contributed by atoms with Crippen LogP contribution in [-0.4, -0.2) is 35.9 Å². The van der Waals surface area contributed by atoms with Crippen LogP contribution in [0, 0.1) is 0 Å². The average molecular weight is 326 g/mol. The van der Waals surface area contributed by atoms with Crippen molar-refractivity contribution in [3.63, 3.8) is 0 Å². The first-order valence-corrected chi connectivity index (χ1v) is 8.38. The van der Waals surface area contributed by atoms with Crippen molar-refractivity contribution < 1.29 is 9.59 Å². The largest absolute Gasteiger partial charge is 0.325 e. The van der Waals surface area contributed by atoms with Gasteiger partial charge < -0.3 is 16.0 Å². The van der Waals surface area contributed by atoms with Crippen molar-refractivity contribution in [1.82, 2.24) is 5.32 Å². The molecule has 3 N–H and O–H groups in total. The molecule has 21 heavy (non-hydrogen) atoms. The summed E-state index contributed by atoms with van der Waals surface area (Å²) in [7, 11) is 0. The molecule has 1 unspecified atom stereocenters. The van der Waals surface area contributed by atoms with Crippen LogP contribution >= 0.6 is 23.4 Å². The number of nitrogens with one attached hydrogen (secondary N) is 3. The maximum Gasteiger partial charge on any atom is 0.228 e. The van der Waals surface area contributed by atoms with Gasteiger partial charge >= 0.3 is 0 Å². The normalized spacial score (nSPS) is 20.8. The van der Waals surface area contributed by atoms with E-state index < -0.39 is 0 Å². The summed E-state index contributed by atoms with van der Waals surface area (Å²) in [5.74, 6) is 1.93. The molecule has 112 valence electrons. The molecule has 1 aromatic carbocycles. The third kappa shape index (κ3) is 3.51. The molecule has 0 saturated carbocycles. The van der Waals surface area contributed by atoms with Crippen LogP contribution in [0.5, 0.6) is 0 Å². The van der Waals surface area contributed by atoms with Crippen molar-refractivity contribution >= 4 is 46.6 Å². The van der Waals surface area contributed by atoms with Gasteiger partial charge in [-0.05, 0) is 17.7 Å². The lowest BCUT2D eigenvalue weighted by atomic mass is 10.1. The number of amides is 2. The molecule has 0 aliphatic carbocycles. The topological polar surface area (TPSA) is 70.2 Å². The number of anilines is 2. The van der Waals surface area contributed by atoms with Gasteiger partial charge in [0.15, 0.2) is 0 Å². The van der Waals surface area contributed by atoms with Gasteiger partial charge in [0.2, 0.25) is 11.8 Å². The van der Waals surface area contributed by atoms with E-state index in [0.29, 0.717) is 23.6 Å². The molecule has 2 amide bonds. The standard InChI is InChI=1S/C14H16ClN3O2S/c15-10-6-11-8(4-13(19)17-11)3-12(10)18-14(20)5-9-7-21-2-1-16-9/h3,6,9,16H,1-2,4-5,7H2,(H,17,19)(H,18,20). The Bertz CT molecular complexity index is 588. The van der Waals surface area contributed by atoms with E-state index in [2.05, 4.69) is 16.0 Å². The highest BCUT2D eigenvalue weighted by molar-refractivity contribution is 7.99. The van der Waals surface area contributed by atoms with E-state index in [0.717, 1.165) is 29.3 Å². The summed E-state index contributed by atoms with van der Waals surface area (Å²) in [4.78, 5) is 23.5. The molecule has 1 aromatic rings. The summed E-state index contributed by atoms with van der Waals surface area (Å²) in [6.07, 6.45) is 0.758. The Balaban J connectivity index is 1.66. The summed E-state index contributed by atoms with van der Waals surface area (Å²) >= 11 is 8.01. The van der Waals surface area contributed by atoms with Gasteiger partial charge in [-0.3, -0.25) is 9.59 Å². The summed E-state index contributed by atoms with van der Waals surface area (Å²) in [5, 5.41) is 9.35. The fourth-order valence-corrected chi connectivity index (χ4v) is 3.68. The summed E-state index contributed by atoms with van der Waals surface area (Å²) < 4.78 is 0. The van der Waals surface area contributed by atoms with E-state index >= 15 is 0 Å². The van der Waals surface area contributed by atoms with Crippen LogP contribution in [0.3, 0.4) is 0 Å². The van der Waals surface area contributed by atoms with Crippen molar-refractivity contribution in [3.05, 3.63) is 22.7 Å². The van der Waals surface area contributed by atoms with Gasteiger partial charge in [0, 0.05) is 36.2 Å². The number of fused-ring (bicyclic) bond motifs is 1. The number of halogens is 1. The Kier molecular flexibility index (Phi) is 4.37.